The molecule has 0 aliphatic carbocycles. The molecule has 0 saturated carbocycles. The highest BCUT2D eigenvalue weighted by atomic mass is 32.2. The second-order valence-electron chi connectivity index (χ2n) is 8.18. The van der Waals surface area contributed by atoms with Gasteiger partial charge in [0.25, 0.3) is 5.91 Å². The van der Waals surface area contributed by atoms with Crippen molar-refractivity contribution in [2.45, 2.75) is 64.4 Å². The Morgan fingerprint density at radius 3 is 2.10 bits per heavy atom. The third-order valence-corrected chi connectivity index (χ3v) is 7.21. The topological polar surface area (TPSA) is 93.2 Å². The summed E-state index contributed by atoms with van der Waals surface area (Å²) in [6.07, 6.45) is 0.725. The number of hydrogen-bond donors (Lipinski definition) is 0. The molecule has 0 bridgehead atoms. The summed E-state index contributed by atoms with van der Waals surface area (Å²) in [6, 6.07) is 6.36. The van der Waals surface area contributed by atoms with Gasteiger partial charge < -0.3 is 14.4 Å². The predicted octanol–water partition coefficient (Wildman–Crippen LogP) is 2.67. The molecule has 1 aromatic rings. The van der Waals surface area contributed by atoms with Gasteiger partial charge in [-0.3, -0.25) is 9.59 Å². The van der Waals surface area contributed by atoms with Gasteiger partial charge in [0.2, 0.25) is 10.0 Å². The molecule has 8 nitrogen and oxygen atoms in total. The van der Waals surface area contributed by atoms with Crippen LogP contribution in [0.1, 0.15) is 47.5 Å². The van der Waals surface area contributed by atoms with Crippen molar-refractivity contribution >= 4 is 21.9 Å². The molecule has 1 amide bonds. The lowest BCUT2D eigenvalue weighted by atomic mass is 9.98. The van der Waals surface area contributed by atoms with E-state index in [0.29, 0.717) is 25.2 Å². The molecule has 0 radical (unpaired) electrons. The number of benzene rings is 1. The molecule has 174 valence electrons. The minimum atomic E-state index is -3.63. The first-order chi connectivity index (χ1) is 14.6. The van der Waals surface area contributed by atoms with E-state index in [9.17, 15) is 18.0 Å². The highest BCUT2D eigenvalue weighted by molar-refractivity contribution is 7.89. The third-order valence-electron chi connectivity index (χ3n) is 5.30. The first-order valence-electron chi connectivity index (χ1n) is 10.8. The second kappa shape index (κ2) is 10.9. The highest BCUT2D eigenvalue weighted by Gasteiger charge is 2.33. The zero-order chi connectivity index (χ0) is 23.2. The quantitative estimate of drug-likeness (QED) is 0.533. The zero-order valence-electron chi connectivity index (χ0n) is 19.0. The SMILES string of the molecule is CCOc1ccc(S(=O)(=O)N2CCC(C(=O)OCC(=O)N(C(C)C)C(C)C)CC2)cc1. The van der Waals surface area contributed by atoms with Crippen LogP contribution in [-0.4, -0.2) is 67.9 Å². The van der Waals surface area contributed by atoms with E-state index in [4.69, 9.17) is 9.47 Å². The number of hydrogen-bond acceptors (Lipinski definition) is 6. The van der Waals surface area contributed by atoms with Crippen LogP contribution in [-0.2, 0) is 24.3 Å². The molecule has 0 spiro atoms. The summed E-state index contributed by atoms with van der Waals surface area (Å²) < 4.78 is 37.7. The number of nitrogens with zero attached hydrogens (tertiary/aromatic N) is 2. The van der Waals surface area contributed by atoms with Crippen LogP contribution in [0.3, 0.4) is 0 Å². The van der Waals surface area contributed by atoms with Crippen molar-refractivity contribution in [1.82, 2.24) is 9.21 Å². The van der Waals surface area contributed by atoms with Crippen LogP contribution >= 0.6 is 0 Å². The maximum atomic E-state index is 12.9. The molecule has 1 heterocycles. The summed E-state index contributed by atoms with van der Waals surface area (Å²) in [6.45, 7) is 10.2. The third kappa shape index (κ3) is 6.43. The zero-order valence-corrected chi connectivity index (χ0v) is 19.9. The van der Waals surface area contributed by atoms with Crippen LogP contribution in [0.15, 0.2) is 29.2 Å². The van der Waals surface area contributed by atoms with Gasteiger partial charge in [-0.05, 0) is 71.7 Å². The molecule has 0 unspecified atom stereocenters. The molecule has 1 saturated heterocycles. The summed E-state index contributed by atoms with van der Waals surface area (Å²) in [7, 11) is -3.63. The molecule has 1 aliphatic rings. The Kier molecular flexibility index (Phi) is 8.88. The summed E-state index contributed by atoms with van der Waals surface area (Å²) in [4.78, 5) is 26.7. The van der Waals surface area contributed by atoms with E-state index in [1.807, 2.05) is 34.6 Å². The normalized spacial score (nSPS) is 15.8. The molecular weight excluding hydrogens is 420 g/mol. The number of sulfonamides is 1. The number of rotatable bonds is 9. The van der Waals surface area contributed by atoms with Crippen LogP contribution in [0.25, 0.3) is 0 Å². The average Bonchev–Trinajstić information content (AvgIpc) is 2.72. The fourth-order valence-corrected chi connectivity index (χ4v) is 5.32. The number of carbonyl (C=O) groups is 2. The molecule has 0 aromatic heterocycles. The fourth-order valence-electron chi connectivity index (χ4n) is 3.85. The summed E-state index contributed by atoms with van der Waals surface area (Å²) in [5.74, 6) is -0.468. The van der Waals surface area contributed by atoms with Crippen LogP contribution in [0.2, 0.25) is 0 Å². The van der Waals surface area contributed by atoms with Crippen molar-refractivity contribution in [1.29, 1.82) is 0 Å². The van der Waals surface area contributed by atoms with Crippen molar-refractivity contribution in [3.63, 3.8) is 0 Å². The lowest BCUT2D eigenvalue weighted by molar-refractivity contribution is -0.157. The second-order valence-corrected chi connectivity index (χ2v) is 10.1. The van der Waals surface area contributed by atoms with E-state index in [-0.39, 0.29) is 42.6 Å². The Bertz CT molecular complexity index is 835. The van der Waals surface area contributed by atoms with Gasteiger partial charge in [-0.25, -0.2) is 8.42 Å². The van der Waals surface area contributed by atoms with Crippen LogP contribution in [0, 0.1) is 5.92 Å². The van der Waals surface area contributed by atoms with Crippen molar-refractivity contribution < 1.29 is 27.5 Å². The first kappa shape index (κ1) is 25.1. The average molecular weight is 455 g/mol. The molecule has 0 atom stereocenters. The standard InChI is InChI=1S/C22H34N2O6S/c1-6-29-19-7-9-20(10-8-19)31(27,28)23-13-11-18(12-14-23)22(26)30-15-21(25)24(16(2)3)17(4)5/h7-10,16-18H,6,11-15H2,1-5H3. The molecule has 1 fully saturated rings. The van der Waals surface area contributed by atoms with Gasteiger partial charge in [0.05, 0.1) is 17.4 Å². The number of esters is 1. The number of piperidine rings is 1. The van der Waals surface area contributed by atoms with Crippen molar-refractivity contribution in [2.24, 2.45) is 5.92 Å². The maximum absolute atomic E-state index is 12.9. The van der Waals surface area contributed by atoms with Crippen molar-refractivity contribution in [3.8, 4) is 5.75 Å². The first-order valence-corrected chi connectivity index (χ1v) is 12.2. The van der Waals surface area contributed by atoms with Gasteiger partial charge in [0, 0.05) is 25.2 Å². The van der Waals surface area contributed by atoms with Crippen LogP contribution < -0.4 is 4.74 Å². The van der Waals surface area contributed by atoms with Crippen molar-refractivity contribution in [2.75, 3.05) is 26.3 Å². The van der Waals surface area contributed by atoms with E-state index in [1.54, 1.807) is 17.0 Å². The molecule has 9 heteroatoms. The fraction of sp³-hybridized carbons (Fsp3) is 0.636. The van der Waals surface area contributed by atoms with Crippen LogP contribution in [0.4, 0.5) is 0 Å². The van der Waals surface area contributed by atoms with E-state index < -0.39 is 21.9 Å². The number of carbonyl (C=O) groups excluding carboxylic acids is 2. The molecule has 1 aromatic carbocycles. The Hall–Kier alpha value is -2.13. The van der Waals surface area contributed by atoms with E-state index >= 15 is 0 Å². The van der Waals surface area contributed by atoms with E-state index in [0.717, 1.165) is 0 Å². The van der Waals surface area contributed by atoms with Gasteiger partial charge in [0.15, 0.2) is 6.61 Å². The molecular formula is C22H34N2O6S. The molecule has 31 heavy (non-hydrogen) atoms. The summed E-state index contributed by atoms with van der Waals surface area (Å²) >= 11 is 0. The Labute approximate surface area is 185 Å². The number of ether oxygens (including phenoxy) is 2. The highest BCUT2D eigenvalue weighted by Crippen LogP contribution is 2.26. The Balaban J connectivity index is 1.89. The van der Waals surface area contributed by atoms with Gasteiger partial charge >= 0.3 is 5.97 Å². The predicted molar refractivity (Wildman–Crippen MR) is 117 cm³/mol. The monoisotopic (exact) mass is 454 g/mol. The van der Waals surface area contributed by atoms with E-state index in [2.05, 4.69) is 0 Å². The molecule has 2 rings (SSSR count). The van der Waals surface area contributed by atoms with Gasteiger partial charge in [-0.15, -0.1) is 0 Å². The largest absolute Gasteiger partial charge is 0.494 e. The molecule has 0 N–H and O–H groups in total. The number of amides is 1. The summed E-state index contributed by atoms with van der Waals surface area (Å²) in [5, 5.41) is 0. The lowest BCUT2D eigenvalue weighted by Gasteiger charge is -2.32. The van der Waals surface area contributed by atoms with Gasteiger partial charge in [0.1, 0.15) is 5.75 Å². The van der Waals surface area contributed by atoms with Gasteiger partial charge in [-0.1, -0.05) is 0 Å². The minimum absolute atomic E-state index is 0.0160. The lowest BCUT2D eigenvalue weighted by Crippen LogP contribution is -2.45. The Morgan fingerprint density at radius 2 is 1.61 bits per heavy atom. The van der Waals surface area contributed by atoms with Crippen molar-refractivity contribution in [3.05, 3.63) is 24.3 Å². The minimum Gasteiger partial charge on any atom is -0.494 e. The Morgan fingerprint density at radius 1 is 1.06 bits per heavy atom. The maximum Gasteiger partial charge on any atom is 0.309 e. The van der Waals surface area contributed by atoms with Crippen LogP contribution in [0.5, 0.6) is 5.75 Å². The summed E-state index contributed by atoms with van der Waals surface area (Å²) in [5.41, 5.74) is 0. The molecule has 1 aliphatic heterocycles. The smallest absolute Gasteiger partial charge is 0.309 e. The van der Waals surface area contributed by atoms with E-state index in [1.165, 1.54) is 16.4 Å². The van der Waals surface area contributed by atoms with Gasteiger partial charge in [-0.2, -0.15) is 4.31 Å².